The highest BCUT2D eigenvalue weighted by Gasteiger charge is 2.22. The molecule has 9 nitrogen and oxygen atoms in total. The number of para-hydroxylation sites is 1. The highest BCUT2D eigenvalue weighted by Crippen LogP contribution is 2.29. The number of benzene rings is 2. The van der Waals surface area contributed by atoms with Crippen molar-refractivity contribution in [3.8, 4) is 17.2 Å². The molecule has 0 bridgehead atoms. The van der Waals surface area contributed by atoms with Crippen LogP contribution in [0.25, 0.3) is 17.2 Å². The molecule has 11 heteroatoms. The zero-order valence-corrected chi connectivity index (χ0v) is 17.1. The number of nitrogens with zero attached hydrogens (tertiary/aromatic N) is 6. The van der Waals surface area contributed by atoms with E-state index in [1.807, 2.05) is 42.5 Å². The molecule has 0 aliphatic carbocycles. The summed E-state index contributed by atoms with van der Waals surface area (Å²) >= 11 is 7.00. The van der Waals surface area contributed by atoms with E-state index in [1.165, 1.54) is 0 Å². The maximum atomic E-state index is 11.0. The number of hydrogen-bond donors (Lipinski definition) is 2. The number of rotatable bonds is 7. The number of halogens is 1. The summed E-state index contributed by atoms with van der Waals surface area (Å²) in [7, 11) is 0. The molecule has 0 amide bonds. The van der Waals surface area contributed by atoms with E-state index in [-0.39, 0.29) is 5.75 Å². The predicted octanol–water partition coefficient (Wildman–Crippen LogP) is 2.99. The van der Waals surface area contributed by atoms with E-state index in [9.17, 15) is 4.79 Å². The second kappa shape index (κ2) is 8.56. The lowest BCUT2D eigenvalue weighted by Gasteiger charge is -2.09. The van der Waals surface area contributed by atoms with E-state index in [0.29, 0.717) is 34.1 Å². The fourth-order valence-electron chi connectivity index (χ4n) is 2.81. The third kappa shape index (κ3) is 4.14. The van der Waals surface area contributed by atoms with Gasteiger partial charge in [-0.15, -0.1) is 15.3 Å². The molecule has 0 unspecified atom stereocenters. The van der Waals surface area contributed by atoms with Gasteiger partial charge in [-0.1, -0.05) is 58.9 Å². The summed E-state index contributed by atoms with van der Waals surface area (Å²) in [5, 5.41) is 26.8. The standard InChI is InChI=1S/C19H16ClN7O2S/c20-13-8-6-12(7-9-13)10-26-17(21)16(22-25-26)18-23-24-19(30-11-15(28)29)27(18)14-4-2-1-3-5-14/h1-9H,10-11,21H2,(H,28,29). The number of nitrogen functional groups attached to an aromatic ring is 1. The predicted molar refractivity (Wildman–Crippen MR) is 114 cm³/mol. The smallest absolute Gasteiger partial charge is 0.313 e. The third-order valence-electron chi connectivity index (χ3n) is 4.20. The molecule has 0 saturated heterocycles. The summed E-state index contributed by atoms with van der Waals surface area (Å²) in [4.78, 5) is 11.0. The Kier molecular flexibility index (Phi) is 5.68. The van der Waals surface area contributed by atoms with E-state index >= 15 is 0 Å². The van der Waals surface area contributed by atoms with Gasteiger partial charge < -0.3 is 10.8 Å². The molecule has 0 radical (unpaired) electrons. The molecule has 2 aromatic carbocycles. The lowest BCUT2D eigenvalue weighted by atomic mass is 10.2. The molecule has 30 heavy (non-hydrogen) atoms. The maximum absolute atomic E-state index is 11.0. The van der Waals surface area contributed by atoms with Crippen molar-refractivity contribution in [3.63, 3.8) is 0 Å². The second-order valence-corrected chi connectivity index (χ2v) is 7.65. The van der Waals surface area contributed by atoms with Gasteiger partial charge >= 0.3 is 5.97 Å². The van der Waals surface area contributed by atoms with Crippen LogP contribution in [0.3, 0.4) is 0 Å². The quantitative estimate of drug-likeness (QED) is 0.419. The van der Waals surface area contributed by atoms with Crippen molar-refractivity contribution in [2.24, 2.45) is 0 Å². The minimum Gasteiger partial charge on any atom is -0.481 e. The van der Waals surface area contributed by atoms with E-state index < -0.39 is 5.97 Å². The first-order chi connectivity index (χ1) is 14.5. The molecule has 0 atom stereocenters. The zero-order valence-electron chi connectivity index (χ0n) is 15.5. The number of hydrogen-bond acceptors (Lipinski definition) is 7. The number of aliphatic carboxylic acids is 1. The van der Waals surface area contributed by atoms with Crippen molar-refractivity contribution in [1.82, 2.24) is 29.8 Å². The van der Waals surface area contributed by atoms with Gasteiger partial charge in [0.05, 0.1) is 12.3 Å². The first-order valence-electron chi connectivity index (χ1n) is 8.82. The number of carboxylic acid groups (broad SMARTS) is 1. The van der Waals surface area contributed by atoms with Crippen molar-refractivity contribution in [3.05, 3.63) is 65.2 Å². The van der Waals surface area contributed by atoms with Gasteiger partial charge in [0.2, 0.25) is 0 Å². The SMILES string of the molecule is Nc1c(-c2nnc(SCC(=O)O)n2-c2ccccc2)nnn1Cc1ccc(Cl)cc1. The van der Waals surface area contributed by atoms with Crippen LogP contribution in [0.5, 0.6) is 0 Å². The molecule has 152 valence electrons. The molecule has 0 aliphatic rings. The van der Waals surface area contributed by atoms with Crippen LogP contribution >= 0.6 is 23.4 Å². The van der Waals surface area contributed by atoms with E-state index in [4.69, 9.17) is 22.4 Å². The third-order valence-corrected chi connectivity index (χ3v) is 5.37. The fourth-order valence-corrected chi connectivity index (χ4v) is 3.61. The van der Waals surface area contributed by atoms with Crippen LogP contribution in [0.4, 0.5) is 5.82 Å². The molecule has 0 aliphatic heterocycles. The molecule has 2 aromatic heterocycles. The van der Waals surface area contributed by atoms with Gasteiger partial charge in [-0.3, -0.25) is 9.36 Å². The monoisotopic (exact) mass is 441 g/mol. The molecule has 0 saturated carbocycles. The Morgan fingerprint density at radius 3 is 2.50 bits per heavy atom. The average molecular weight is 442 g/mol. The van der Waals surface area contributed by atoms with Gasteiger partial charge in [0.1, 0.15) is 0 Å². The first-order valence-corrected chi connectivity index (χ1v) is 10.2. The lowest BCUT2D eigenvalue weighted by molar-refractivity contribution is -0.133. The first kappa shape index (κ1) is 19.9. The Morgan fingerprint density at radius 2 is 1.80 bits per heavy atom. The summed E-state index contributed by atoms with van der Waals surface area (Å²) in [5.41, 5.74) is 8.41. The second-order valence-electron chi connectivity index (χ2n) is 6.27. The van der Waals surface area contributed by atoms with Gasteiger partial charge in [-0.25, -0.2) is 4.68 Å². The Labute approximate surface area is 180 Å². The number of nitrogens with two attached hydrogens (primary N) is 1. The molecule has 4 rings (SSSR count). The summed E-state index contributed by atoms with van der Waals surface area (Å²) in [6, 6.07) is 16.7. The van der Waals surface area contributed by atoms with E-state index in [2.05, 4.69) is 20.5 Å². The van der Waals surface area contributed by atoms with Gasteiger partial charge in [0.15, 0.2) is 22.5 Å². The van der Waals surface area contributed by atoms with Gasteiger partial charge in [-0.2, -0.15) is 0 Å². The van der Waals surface area contributed by atoms with Crippen LogP contribution in [0.2, 0.25) is 5.02 Å². The summed E-state index contributed by atoms with van der Waals surface area (Å²) in [6.07, 6.45) is 0. The Morgan fingerprint density at radius 1 is 1.07 bits per heavy atom. The lowest BCUT2D eigenvalue weighted by Crippen LogP contribution is -2.07. The van der Waals surface area contributed by atoms with Crippen LogP contribution in [0.1, 0.15) is 5.56 Å². The largest absolute Gasteiger partial charge is 0.481 e. The highest BCUT2D eigenvalue weighted by atomic mass is 35.5. The van der Waals surface area contributed by atoms with Crippen molar-refractivity contribution in [2.45, 2.75) is 11.7 Å². The molecule has 0 fully saturated rings. The van der Waals surface area contributed by atoms with Gasteiger partial charge in [0.25, 0.3) is 0 Å². The minimum absolute atomic E-state index is 0.149. The van der Waals surface area contributed by atoms with E-state index in [1.54, 1.807) is 21.4 Å². The summed E-state index contributed by atoms with van der Waals surface area (Å²) in [6.45, 7) is 0.413. The molecular weight excluding hydrogens is 426 g/mol. The summed E-state index contributed by atoms with van der Waals surface area (Å²) in [5.74, 6) is -0.389. The zero-order chi connectivity index (χ0) is 21.1. The molecule has 0 spiro atoms. The van der Waals surface area contributed by atoms with Crippen LogP contribution in [0.15, 0.2) is 59.8 Å². The Balaban J connectivity index is 1.72. The summed E-state index contributed by atoms with van der Waals surface area (Å²) < 4.78 is 3.28. The topological polar surface area (TPSA) is 125 Å². The molecular formula is C19H16ClN7O2S. The van der Waals surface area contributed by atoms with Crippen molar-refractivity contribution in [1.29, 1.82) is 0 Å². The maximum Gasteiger partial charge on any atom is 0.313 e. The van der Waals surface area contributed by atoms with Crippen molar-refractivity contribution in [2.75, 3.05) is 11.5 Å². The van der Waals surface area contributed by atoms with Crippen LogP contribution in [-0.2, 0) is 11.3 Å². The number of aromatic nitrogens is 6. The van der Waals surface area contributed by atoms with E-state index in [0.717, 1.165) is 23.0 Å². The van der Waals surface area contributed by atoms with Crippen LogP contribution < -0.4 is 5.73 Å². The van der Waals surface area contributed by atoms with Gasteiger partial charge in [0, 0.05) is 10.7 Å². The normalized spacial score (nSPS) is 11.0. The number of carbonyl (C=O) groups is 1. The van der Waals surface area contributed by atoms with Crippen LogP contribution in [-0.4, -0.2) is 46.6 Å². The molecule has 4 aromatic rings. The van der Waals surface area contributed by atoms with Crippen molar-refractivity contribution >= 4 is 35.1 Å². The number of anilines is 1. The van der Waals surface area contributed by atoms with Crippen molar-refractivity contribution < 1.29 is 9.90 Å². The van der Waals surface area contributed by atoms with Gasteiger partial charge in [-0.05, 0) is 29.8 Å². The fraction of sp³-hybridized carbons (Fsp3) is 0.105. The number of carboxylic acids is 1. The Bertz CT molecular complexity index is 1180. The Hall–Kier alpha value is -3.37. The number of thioether (sulfide) groups is 1. The molecule has 2 heterocycles. The highest BCUT2D eigenvalue weighted by molar-refractivity contribution is 7.99. The molecule has 3 N–H and O–H groups in total. The van der Waals surface area contributed by atoms with Crippen LogP contribution in [0, 0.1) is 0 Å². The minimum atomic E-state index is -0.947. The average Bonchev–Trinajstić information content (AvgIpc) is 3.32.